The normalized spacial score (nSPS) is 10.3. The highest BCUT2D eigenvalue weighted by atomic mass is 79.9. The van der Waals surface area contributed by atoms with Crippen LogP contribution in [-0.4, -0.2) is 13.6 Å². The molecular formula is C15H17BrN2. The van der Waals surface area contributed by atoms with Crippen LogP contribution in [0.4, 0.5) is 11.4 Å². The highest BCUT2D eigenvalue weighted by Crippen LogP contribution is 2.21. The van der Waals surface area contributed by atoms with E-state index in [1.54, 1.807) is 0 Å². The van der Waals surface area contributed by atoms with Crippen molar-refractivity contribution in [2.75, 3.05) is 24.2 Å². The minimum absolute atomic E-state index is 0.828. The maximum absolute atomic E-state index is 5.97. The van der Waals surface area contributed by atoms with Crippen molar-refractivity contribution in [1.29, 1.82) is 0 Å². The summed E-state index contributed by atoms with van der Waals surface area (Å²) >= 11 is 3.49. The van der Waals surface area contributed by atoms with Crippen molar-refractivity contribution in [2.45, 2.75) is 6.42 Å². The van der Waals surface area contributed by atoms with Gasteiger partial charge in [-0.15, -0.1) is 0 Å². The van der Waals surface area contributed by atoms with Crippen molar-refractivity contribution >= 4 is 27.3 Å². The molecule has 0 amide bonds. The molecule has 0 aliphatic carbocycles. The van der Waals surface area contributed by atoms with Gasteiger partial charge in [0.05, 0.1) is 11.4 Å². The van der Waals surface area contributed by atoms with E-state index in [-0.39, 0.29) is 0 Å². The highest BCUT2D eigenvalue weighted by molar-refractivity contribution is 9.10. The van der Waals surface area contributed by atoms with Crippen LogP contribution >= 0.6 is 15.9 Å². The Bertz CT molecular complexity index is 525. The van der Waals surface area contributed by atoms with Gasteiger partial charge in [-0.05, 0) is 36.2 Å². The molecule has 0 fully saturated rings. The molecule has 0 unspecified atom stereocenters. The lowest BCUT2D eigenvalue weighted by Crippen LogP contribution is -2.21. The van der Waals surface area contributed by atoms with Crippen LogP contribution < -0.4 is 10.6 Å². The third-order valence-electron chi connectivity index (χ3n) is 2.97. The van der Waals surface area contributed by atoms with E-state index in [2.05, 4.69) is 52.1 Å². The Balaban J connectivity index is 2.00. The van der Waals surface area contributed by atoms with Crippen molar-refractivity contribution in [2.24, 2.45) is 0 Å². The fourth-order valence-electron chi connectivity index (χ4n) is 1.94. The Kier molecular flexibility index (Phi) is 4.26. The molecule has 0 saturated heterocycles. The second-order valence-corrected chi connectivity index (χ2v) is 5.28. The van der Waals surface area contributed by atoms with Gasteiger partial charge in [0.1, 0.15) is 0 Å². The van der Waals surface area contributed by atoms with Crippen molar-refractivity contribution in [3.63, 3.8) is 0 Å². The summed E-state index contributed by atoms with van der Waals surface area (Å²) in [5, 5.41) is 0. The van der Waals surface area contributed by atoms with Crippen LogP contribution in [-0.2, 0) is 6.42 Å². The van der Waals surface area contributed by atoms with Gasteiger partial charge in [-0.1, -0.05) is 40.2 Å². The summed E-state index contributed by atoms with van der Waals surface area (Å²) in [6.07, 6.45) is 1.00. The Morgan fingerprint density at radius 2 is 1.89 bits per heavy atom. The molecule has 0 heterocycles. The van der Waals surface area contributed by atoms with Gasteiger partial charge in [0, 0.05) is 18.1 Å². The number of hydrogen-bond acceptors (Lipinski definition) is 2. The molecule has 2 rings (SSSR count). The molecule has 2 nitrogen and oxygen atoms in total. The van der Waals surface area contributed by atoms with Crippen LogP contribution in [0, 0.1) is 0 Å². The van der Waals surface area contributed by atoms with Gasteiger partial charge in [0.2, 0.25) is 0 Å². The van der Waals surface area contributed by atoms with E-state index in [1.807, 2.05) is 24.3 Å². The van der Waals surface area contributed by atoms with Gasteiger partial charge in [-0.25, -0.2) is 0 Å². The summed E-state index contributed by atoms with van der Waals surface area (Å²) < 4.78 is 1.13. The number of nitrogens with zero attached hydrogens (tertiary/aromatic N) is 1. The number of rotatable bonds is 4. The Labute approximate surface area is 117 Å². The first-order valence-corrected chi connectivity index (χ1v) is 6.76. The molecular weight excluding hydrogens is 288 g/mol. The maximum Gasteiger partial charge on any atom is 0.0597 e. The van der Waals surface area contributed by atoms with Crippen molar-refractivity contribution in [3.8, 4) is 0 Å². The lowest BCUT2D eigenvalue weighted by molar-refractivity contribution is 0.877. The average Bonchev–Trinajstić information content (AvgIpc) is 2.37. The minimum Gasteiger partial charge on any atom is -0.397 e. The zero-order chi connectivity index (χ0) is 13.0. The first-order valence-electron chi connectivity index (χ1n) is 5.97. The number of hydrogen-bond donors (Lipinski definition) is 1. The number of likely N-dealkylation sites (N-methyl/N-ethyl adjacent to an activating group) is 1. The topological polar surface area (TPSA) is 29.3 Å². The van der Waals surface area contributed by atoms with E-state index in [9.17, 15) is 0 Å². The Hall–Kier alpha value is -1.48. The summed E-state index contributed by atoms with van der Waals surface area (Å²) in [4.78, 5) is 2.19. The fourth-order valence-corrected chi connectivity index (χ4v) is 2.39. The number of benzene rings is 2. The van der Waals surface area contributed by atoms with Gasteiger partial charge >= 0.3 is 0 Å². The molecule has 3 heteroatoms. The molecule has 0 aliphatic heterocycles. The molecule has 0 bridgehead atoms. The van der Waals surface area contributed by atoms with Gasteiger partial charge in [0.25, 0.3) is 0 Å². The number of nitrogens with two attached hydrogens (primary N) is 1. The van der Waals surface area contributed by atoms with Crippen molar-refractivity contribution in [3.05, 3.63) is 58.6 Å². The molecule has 2 aromatic carbocycles. The zero-order valence-electron chi connectivity index (χ0n) is 10.4. The molecule has 0 spiro atoms. The summed E-state index contributed by atoms with van der Waals surface area (Å²) in [5.41, 5.74) is 9.21. The zero-order valence-corrected chi connectivity index (χ0v) is 12.0. The largest absolute Gasteiger partial charge is 0.397 e. The SMILES string of the molecule is CN(CCc1cccc(Br)c1)c1ccccc1N. The number of para-hydroxylation sites is 2. The molecule has 0 saturated carbocycles. The highest BCUT2D eigenvalue weighted by Gasteiger charge is 2.04. The van der Waals surface area contributed by atoms with Crippen LogP contribution in [0.1, 0.15) is 5.56 Å². The molecule has 2 N–H and O–H groups in total. The second kappa shape index (κ2) is 5.91. The average molecular weight is 305 g/mol. The van der Waals surface area contributed by atoms with Crippen molar-refractivity contribution in [1.82, 2.24) is 0 Å². The molecule has 18 heavy (non-hydrogen) atoms. The predicted octanol–water partition coefficient (Wildman–Crippen LogP) is 3.71. The fraction of sp³-hybridized carbons (Fsp3) is 0.200. The van der Waals surface area contributed by atoms with E-state index in [0.717, 1.165) is 28.8 Å². The predicted molar refractivity (Wildman–Crippen MR) is 82.0 cm³/mol. The number of nitrogen functional groups attached to an aromatic ring is 1. The van der Waals surface area contributed by atoms with E-state index < -0.39 is 0 Å². The van der Waals surface area contributed by atoms with E-state index in [0.29, 0.717) is 0 Å². The Morgan fingerprint density at radius 3 is 2.61 bits per heavy atom. The van der Waals surface area contributed by atoms with Crippen LogP contribution in [0.3, 0.4) is 0 Å². The first kappa shape index (κ1) is 13.0. The maximum atomic E-state index is 5.97. The first-order chi connectivity index (χ1) is 8.66. The molecule has 0 aromatic heterocycles. The monoisotopic (exact) mass is 304 g/mol. The summed E-state index contributed by atoms with van der Waals surface area (Å²) in [6, 6.07) is 16.4. The second-order valence-electron chi connectivity index (χ2n) is 4.36. The molecule has 94 valence electrons. The summed E-state index contributed by atoms with van der Waals surface area (Å²) in [5.74, 6) is 0. The van der Waals surface area contributed by atoms with Gasteiger partial charge in [-0.3, -0.25) is 0 Å². The van der Waals surface area contributed by atoms with Crippen molar-refractivity contribution < 1.29 is 0 Å². The van der Waals surface area contributed by atoms with E-state index in [1.165, 1.54) is 5.56 Å². The van der Waals surface area contributed by atoms with E-state index in [4.69, 9.17) is 5.73 Å². The van der Waals surface area contributed by atoms with Gasteiger partial charge in [-0.2, -0.15) is 0 Å². The quantitative estimate of drug-likeness (QED) is 0.873. The van der Waals surface area contributed by atoms with Gasteiger partial charge in [0.15, 0.2) is 0 Å². The van der Waals surface area contributed by atoms with Crippen LogP contribution in [0.5, 0.6) is 0 Å². The standard InChI is InChI=1S/C15H17BrN2/c1-18(15-8-3-2-7-14(15)17)10-9-12-5-4-6-13(16)11-12/h2-8,11H,9-10,17H2,1H3. The summed E-state index contributed by atoms with van der Waals surface area (Å²) in [6.45, 7) is 0.949. The van der Waals surface area contributed by atoms with Crippen LogP contribution in [0.2, 0.25) is 0 Å². The van der Waals surface area contributed by atoms with E-state index >= 15 is 0 Å². The Morgan fingerprint density at radius 1 is 1.11 bits per heavy atom. The number of halogens is 1. The number of anilines is 2. The van der Waals surface area contributed by atoms with Crippen LogP contribution in [0.15, 0.2) is 53.0 Å². The van der Waals surface area contributed by atoms with Crippen LogP contribution in [0.25, 0.3) is 0 Å². The third kappa shape index (κ3) is 3.26. The third-order valence-corrected chi connectivity index (χ3v) is 3.47. The lowest BCUT2D eigenvalue weighted by atomic mass is 10.1. The molecule has 0 aliphatic rings. The lowest BCUT2D eigenvalue weighted by Gasteiger charge is -2.21. The smallest absolute Gasteiger partial charge is 0.0597 e. The molecule has 2 aromatic rings. The minimum atomic E-state index is 0.828. The molecule has 0 atom stereocenters. The van der Waals surface area contributed by atoms with Gasteiger partial charge < -0.3 is 10.6 Å². The summed E-state index contributed by atoms with van der Waals surface area (Å²) in [7, 11) is 2.07. The molecule has 0 radical (unpaired) electrons.